The number of carbonyl (C=O) groups excluding carboxylic acids is 1. The first-order valence-electron chi connectivity index (χ1n) is 7.79. The first-order valence-corrected chi connectivity index (χ1v) is 8.17. The minimum Gasteiger partial charge on any atom is -0.396 e. The summed E-state index contributed by atoms with van der Waals surface area (Å²) in [6.07, 6.45) is 2.16. The number of hydrogen-bond acceptors (Lipinski definition) is 4. The highest BCUT2D eigenvalue weighted by Crippen LogP contribution is 2.16. The minimum absolute atomic E-state index is 0.0403. The van der Waals surface area contributed by atoms with Gasteiger partial charge in [-0.1, -0.05) is 23.7 Å². The molecule has 1 aromatic carbocycles. The van der Waals surface area contributed by atoms with Crippen LogP contribution < -0.4 is 4.90 Å². The van der Waals surface area contributed by atoms with E-state index >= 15 is 0 Å². The summed E-state index contributed by atoms with van der Waals surface area (Å²) in [7, 11) is 3.76. The number of aliphatic hydroxyl groups is 1. The maximum atomic E-state index is 12.9. The molecule has 2 aromatic rings. The van der Waals surface area contributed by atoms with Gasteiger partial charge in [-0.25, -0.2) is 4.98 Å². The molecule has 0 radical (unpaired) electrons. The zero-order valence-electron chi connectivity index (χ0n) is 13.9. The predicted octanol–water partition coefficient (Wildman–Crippen LogP) is 2.83. The highest BCUT2D eigenvalue weighted by Gasteiger charge is 2.17. The monoisotopic (exact) mass is 347 g/mol. The number of pyridine rings is 1. The van der Waals surface area contributed by atoms with E-state index in [1.165, 1.54) is 0 Å². The van der Waals surface area contributed by atoms with Crippen LogP contribution in [0.2, 0.25) is 5.02 Å². The largest absolute Gasteiger partial charge is 0.396 e. The topological polar surface area (TPSA) is 56.7 Å². The van der Waals surface area contributed by atoms with Gasteiger partial charge in [-0.05, 0) is 36.2 Å². The van der Waals surface area contributed by atoms with Gasteiger partial charge in [-0.15, -0.1) is 0 Å². The number of aromatic nitrogens is 1. The highest BCUT2D eigenvalue weighted by molar-refractivity contribution is 6.30. The molecule has 2 rings (SSSR count). The quantitative estimate of drug-likeness (QED) is 0.836. The molecule has 128 valence electrons. The van der Waals surface area contributed by atoms with Crippen molar-refractivity contribution < 1.29 is 9.90 Å². The summed E-state index contributed by atoms with van der Waals surface area (Å²) in [5.41, 5.74) is 1.53. The van der Waals surface area contributed by atoms with E-state index in [-0.39, 0.29) is 12.5 Å². The SMILES string of the molecule is CN(C)c1cc(C(=O)N(CCCO)Cc2cccc(Cl)c2)ccn1. The molecule has 1 N–H and O–H groups in total. The van der Waals surface area contributed by atoms with E-state index in [2.05, 4.69) is 4.98 Å². The molecule has 0 saturated heterocycles. The Bertz CT molecular complexity index is 691. The van der Waals surface area contributed by atoms with Crippen molar-refractivity contribution in [3.63, 3.8) is 0 Å². The smallest absolute Gasteiger partial charge is 0.254 e. The molecule has 24 heavy (non-hydrogen) atoms. The Balaban J connectivity index is 2.23. The van der Waals surface area contributed by atoms with Crippen LogP contribution in [0.25, 0.3) is 0 Å². The molecule has 0 bridgehead atoms. The van der Waals surface area contributed by atoms with E-state index in [1.54, 1.807) is 29.3 Å². The van der Waals surface area contributed by atoms with Gasteiger partial charge >= 0.3 is 0 Å². The first kappa shape index (κ1) is 18.2. The molecule has 0 aliphatic heterocycles. The second-order valence-electron chi connectivity index (χ2n) is 5.73. The molecular formula is C18H22ClN3O2. The van der Waals surface area contributed by atoms with Crippen LogP contribution in [0.3, 0.4) is 0 Å². The highest BCUT2D eigenvalue weighted by atomic mass is 35.5. The zero-order valence-corrected chi connectivity index (χ0v) is 14.7. The number of hydrogen-bond donors (Lipinski definition) is 1. The average molecular weight is 348 g/mol. The van der Waals surface area contributed by atoms with Crippen LogP contribution in [-0.2, 0) is 6.54 Å². The fraction of sp³-hybridized carbons (Fsp3) is 0.333. The molecule has 0 unspecified atom stereocenters. The lowest BCUT2D eigenvalue weighted by atomic mass is 10.1. The molecule has 1 heterocycles. The molecule has 1 aromatic heterocycles. The van der Waals surface area contributed by atoms with Gasteiger partial charge in [-0.2, -0.15) is 0 Å². The van der Waals surface area contributed by atoms with Crippen molar-refractivity contribution in [2.24, 2.45) is 0 Å². The molecule has 0 aliphatic carbocycles. The summed E-state index contributed by atoms with van der Waals surface area (Å²) >= 11 is 6.03. The van der Waals surface area contributed by atoms with Crippen molar-refractivity contribution in [2.75, 3.05) is 32.1 Å². The van der Waals surface area contributed by atoms with Crippen LogP contribution in [0.1, 0.15) is 22.3 Å². The normalized spacial score (nSPS) is 10.5. The molecule has 0 saturated carbocycles. The van der Waals surface area contributed by atoms with E-state index in [1.807, 2.05) is 37.2 Å². The lowest BCUT2D eigenvalue weighted by molar-refractivity contribution is 0.0732. The second-order valence-corrected chi connectivity index (χ2v) is 6.17. The number of halogens is 1. The van der Waals surface area contributed by atoms with Gasteiger partial charge < -0.3 is 14.9 Å². The summed E-state index contributed by atoms with van der Waals surface area (Å²) in [6, 6.07) is 10.9. The Morgan fingerprint density at radius 1 is 1.25 bits per heavy atom. The lowest BCUT2D eigenvalue weighted by Gasteiger charge is -2.23. The van der Waals surface area contributed by atoms with Crippen molar-refractivity contribution in [2.45, 2.75) is 13.0 Å². The standard InChI is InChI=1S/C18H22ClN3O2/c1-21(2)17-12-15(7-8-20-17)18(24)22(9-4-10-23)13-14-5-3-6-16(19)11-14/h3,5-8,11-12,23H,4,9-10,13H2,1-2H3. The van der Waals surface area contributed by atoms with Gasteiger partial charge in [0.05, 0.1) is 0 Å². The van der Waals surface area contributed by atoms with E-state index in [0.29, 0.717) is 30.1 Å². The third-order valence-electron chi connectivity index (χ3n) is 3.59. The molecule has 0 spiro atoms. The number of nitrogens with zero attached hydrogens (tertiary/aromatic N) is 3. The van der Waals surface area contributed by atoms with Crippen LogP contribution in [0.4, 0.5) is 5.82 Å². The Hall–Kier alpha value is -2.11. The summed E-state index contributed by atoms with van der Waals surface area (Å²) in [5.74, 6) is 0.639. The summed E-state index contributed by atoms with van der Waals surface area (Å²) in [4.78, 5) is 20.7. The van der Waals surface area contributed by atoms with Crippen LogP contribution in [0.15, 0.2) is 42.6 Å². The summed E-state index contributed by atoms with van der Waals surface area (Å²) < 4.78 is 0. The average Bonchev–Trinajstić information content (AvgIpc) is 2.58. The van der Waals surface area contributed by atoms with Gasteiger partial charge in [0.25, 0.3) is 5.91 Å². The molecule has 0 atom stereocenters. The van der Waals surface area contributed by atoms with Crippen LogP contribution in [0, 0.1) is 0 Å². The van der Waals surface area contributed by atoms with Crippen molar-refractivity contribution in [1.29, 1.82) is 0 Å². The molecule has 1 amide bonds. The Morgan fingerprint density at radius 3 is 2.71 bits per heavy atom. The van der Waals surface area contributed by atoms with Crippen LogP contribution >= 0.6 is 11.6 Å². The molecule has 6 heteroatoms. The second kappa shape index (κ2) is 8.66. The Kier molecular flexibility index (Phi) is 6.58. The zero-order chi connectivity index (χ0) is 17.5. The van der Waals surface area contributed by atoms with E-state index in [4.69, 9.17) is 16.7 Å². The molecule has 0 aliphatic rings. The first-order chi connectivity index (χ1) is 11.5. The van der Waals surface area contributed by atoms with E-state index in [9.17, 15) is 4.79 Å². The minimum atomic E-state index is -0.0890. The van der Waals surface area contributed by atoms with Crippen molar-refractivity contribution >= 4 is 23.3 Å². The van der Waals surface area contributed by atoms with Gasteiger partial charge in [0.15, 0.2) is 0 Å². The van der Waals surface area contributed by atoms with Crippen LogP contribution in [0.5, 0.6) is 0 Å². The number of rotatable bonds is 7. The Morgan fingerprint density at radius 2 is 2.04 bits per heavy atom. The summed E-state index contributed by atoms with van der Waals surface area (Å²) in [6.45, 7) is 0.957. The number of amides is 1. The van der Waals surface area contributed by atoms with Crippen molar-refractivity contribution in [1.82, 2.24) is 9.88 Å². The van der Waals surface area contributed by atoms with Crippen molar-refractivity contribution in [3.05, 3.63) is 58.7 Å². The van der Waals surface area contributed by atoms with Crippen LogP contribution in [-0.4, -0.2) is 48.1 Å². The summed E-state index contributed by atoms with van der Waals surface area (Å²) in [5, 5.41) is 9.76. The predicted molar refractivity (Wildman–Crippen MR) is 96.5 cm³/mol. The maximum absolute atomic E-state index is 12.9. The Labute approximate surface area is 147 Å². The van der Waals surface area contributed by atoms with Gasteiger partial charge in [0.1, 0.15) is 5.82 Å². The van der Waals surface area contributed by atoms with E-state index in [0.717, 1.165) is 11.4 Å². The third kappa shape index (κ3) is 4.94. The fourth-order valence-corrected chi connectivity index (χ4v) is 2.56. The molecular weight excluding hydrogens is 326 g/mol. The molecule has 0 fully saturated rings. The lowest BCUT2D eigenvalue weighted by Crippen LogP contribution is -2.32. The van der Waals surface area contributed by atoms with Gasteiger partial charge in [0.2, 0.25) is 0 Å². The number of anilines is 1. The third-order valence-corrected chi connectivity index (χ3v) is 3.82. The van der Waals surface area contributed by atoms with E-state index < -0.39 is 0 Å². The molecule has 5 nitrogen and oxygen atoms in total. The van der Waals surface area contributed by atoms with Gasteiger partial charge in [-0.3, -0.25) is 4.79 Å². The number of carbonyl (C=O) groups is 1. The maximum Gasteiger partial charge on any atom is 0.254 e. The fourth-order valence-electron chi connectivity index (χ4n) is 2.35. The number of benzene rings is 1. The number of aliphatic hydroxyl groups excluding tert-OH is 1. The van der Waals surface area contributed by atoms with Crippen molar-refractivity contribution in [3.8, 4) is 0 Å². The van der Waals surface area contributed by atoms with Gasteiger partial charge in [0, 0.05) is 50.6 Å².